The number of nitrogens with one attached hydrogen (secondary N) is 1. The number of carbonyl (C=O) groups is 1. The summed E-state index contributed by atoms with van der Waals surface area (Å²) in [5.74, 6) is -0.269. The van der Waals surface area contributed by atoms with Crippen molar-refractivity contribution in [2.24, 2.45) is 7.05 Å². The molecule has 0 unspecified atom stereocenters. The van der Waals surface area contributed by atoms with Crippen LogP contribution in [0, 0.1) is 6.92 Å². The van der Waals surface area contributed by atoms with Gasteiger partial charge in [-0.05, 0) is 31.0 Å². The minimum absolute atomic E-state index is 0.188. The van der Waals surface area contributed by atoms with Crippen molar-refractivity contribution in [3.05, 3.63) is 59.4 Å². The molecule has 10 nitrogen and oxygen atoms in total. The van der Waals surface area contributed by atoms with Crippen LogP contribution in [0.15, 0.2) is 36.8 Å². The van der Waals surface area contributed by atoms with E-state index in [1.807, 2.05) is 19.9 Å². The van der Waals surface area contributed by atoms with Crippen LogP contribution >= 0.6 is 11.3 Å². The van der Waals surface area contributed by atoms with Gasteiger partial charge in [0.15, 0.2) is 5.13 Å². The van der Waals surface area contributed by atoms with Gasteiger partial charge < -0.3 is 4.74 Å². The predicted octanol–water partition coefficient (Wildman–Crippen LogP) is 5.57. The van der Waals surface area contributed by atoms with Crippen molar-refractivity contribution in [3.63, 3.8) is 0 Å². The lowest BCUT2D eigenvalue weighted by atomic mass is 9.96. The summed E-state index contributed by atoms with van der Waals surface area (Å²) in [6.07, 6.45) is 1.51. The number of aryl methyl sites for hydroxylation is 2. The Morgan fingerprint density at radius 1 is 1.15 bits per heavy atom. The van der Waals surface area contributed by atoms with Gasteiger partial charge in [0.1, 0.15) is 22.7 Å². The molecule has 0 saturated carbocycles. The number of methoxy groups -OCH3 is 1. The number of amides is 1. The number of nitrogens with zero attached hydrogens (tertiary/aromatic N) is 7. The van der Waals surface area contributed by atoms with Gasteiger partial charge in [-0.1, -0.05) is 30.4 Å². The monoisotopic (exact) mass is 550 g/mol. The maximum absolute atomic E-state index is 14.6. The maximum atomic E-state index is 14.6. The van der Waals surface area contributed by atoms with Crippen LogP contribution in [0.2, 0.25) is 0 Å². The summed E-state index contributed by atoms with van der Waals surface area (Å²) in [6.45, 7) is 5.75. The summed E-state index contributed by atoms with van der Waals surface area (Å²) in [7, 11) is 3.07. The number of pyridine rings is 3. The van der Waals surface area contributed by atoms with Gasteiger partial charge in [0.05, 0.1) is 41.2 Å². The van der Waals surface area contributed by atoms with Gasteiger partial charge in [0.25, 0.3) is 12.3 Å². The zero-order chi connectivity index (χ0) is 27.8. The highest BCUT2D eigenvalue weighted by molar-refractivity contribution is 7.22. The van der Waals surface area contributed by atoms with E-state index in [-0.39, 0.29) is 27.9 Å². The van der Waals surface area contributed by atoms with Crippen LogP contribution in [0.25, 0.3) is 32.7 Å². The summed E-state index contributed by atoms with van der Waals surface area (Å²) in [4.78, 5) is 30.8. The van der Waals surface area contributed by atoms with Gasteiger partial charge >= 0.3 is 0 Å². The Hall–Kier alpha value is -4.39. The average Bonchev–Trinajstić information content (AvgIpc) is 3.48. The zero-order valence-corrected chi connectivity index (χ0v) is 22.5. The lowest BCUT2D eigenvalue weighted by molar-refractivity contribution is 0.101. The molecule has 39 heavy (non-hydrogen) atoms. The minimum atomic E-state index is -3.06. The smallest absolute Gasteiger partial charge is 0.281 e. The normalized spacial score (nSPS) is 11.5. The Morgan fingerprint density at radius 2 is 1.95 bits per heavy atom. The van der Waals surface area contributed by atoms with E-state index in [4.69, 9.17) is 4.74 Å². The second-order valence-electron chi connectivity index (χ2n) is 9.04. The molecule has 1 amide bonds. The average molecular weight is 551 g/mol. The van der Waals surface area contributed by atoms with Gasteiger partial charge in [0, 0.05) is 30.1 Å². The third-order valence-corrected chi connectivity index (χ3v) is 7.06. The Morgan fingerprint density at radius 3 is 2.62 bits per heavy atom. The van der Waals surface area contributed by atoms with Crippen LogP contribution < -0.4 is 10.1 Å². The fourth-order valence-electron chi connectivity index (χ4n) is 4.25. The van der Waals surface area contributed by atoms with Gasteiger partial charge in [-0.2, -0.15) is 0 Å². The number of fused-ring (bicyclic) bond motifs is 1. The minimum Gasteiger partial charge on any atom is -0.494 e. The molecule has 1 N–H and O–H groups in total. The third-order valence-electron chi connectivity index (χ3n) is 6.12. The van der Waals surface area contributed by atoms with Crippen LogP contribution in [-0.2, 0) is 7.05 Å². The standard InChI is InChI=1S/C26H24F2N8O2S/c1-12(2)16-9-20-18(10-30-16)32-26(39-20)33-25(37)21-15(14-6-7-29-11-19(14)38-5)8-17(31-22(21)24(27)28)23-13(3)34-35-36(23)4/h6-12,24H,1-5H3,(H,32,33,37). The number of anilines is 1. The van der Waals surface area contributed by atoms with Crippen molar-refractivity contribution in [2.75, 3.05) is 12.4 Å². The van der Waals surface area contributed by atoms with E-state index >= 15 is 0 Å². The summed E-state index contributed by atoms with van der Waals surface area (Å²) in [6, 6.07) is 5.06. The van der Waals surface area contributed by atoms with Crippen molar-refractivity contribution >= 4 is 32.6 Å². The first-order valence-electron chi connectivity index (χ1n) is 11.9. The predicted molar refractivity (Wildman–Crippen MR) is 143 cm³/mol. The molecular weight excluding hydrogens is 526 g/mol. The first-order valence-corrected chi connectivity index (χ1v) is 12.8. The fraction of sp³-hybridized carbons (Fsp3) is 0.269. The molecular formula is C26H24F2N8O2S. The molecule has 0 aliphatic rings. The lowest BCUT2D eigenvalue weighted by Gasteiger charge is -2.17. The Labute approximate surface area is 226 Å². The van der Waals surface area contributed by atoms with Crippen LogP contribution in [0.3, 0.4) is 0 Å². The van der Waals surface area contributed by atoms with Crippen LogP contribution in [0.1, 0.15) is 53.6 Å². The van der Waals surface area contributed by atoms with Crippen LogP contribution in [0.4, 0.5) is 13.9 Å². The van der Waals surface area contributed by atoms with Gasteiger partial charge in [0.2, 0.25) is 0 Å². The Balaban J connectivity index is 1.68. The molecule has 0 spiro atoms. The second-order valence-corrected chi connectivity index (χ2v) is 10.1. The summed E-state index contributed by atoms with van der Waals surface area (Å²) in [5.41, 5.74) is 2.21. The summed E-state index contributed by atoms with van der Waals surface area (Å²) >= 11 is 1.23. The highest BCUT2D eigenvalue weighted by Gasteiger charge is 2.29. The summed E-state index contributed by atoms with van der Waals surface area (Å²) in [5, 5.41) is 10.9. The molecule has 13 heteroatoms. The topological polar surface area (TPSA) is 121 Å². The molecule has 0 radical (unpaired) electrons. The maximum Gasteiger partial charge on any atom is 0.281 e. The first kappa shape index (κ1) is 26.2. The number of hydrogen-bond donors (Lipinski definition) is 1. The van der Waals surface area contributed by atoms with E-state index in [1.165, 1.54) is 35.5 Å². The van der Waals surface area contributed by atoms with Crippen molar-refractivity contribution < 1.29 is 18.3 Å². The number of ether oxygens (including phenoxy) is 1. The van der Waals surface area contributed by atoms with Gasteiger partial charge in [-0.25, -0.2) is 23.4 Å². The zero-order valence-electron chi connectivity index (χ0n) is 21.7. The number of halogens is 2. The molecule has 5 aromatic heterocycles. The van der Waals surface area contributed by atoms with E-state index in [1.54, 1.807) is 32.3 Å². The number of hydrogen-bond acceptors (Lipinski definition) is 9. The van der Waals surface area contributed by atoms with Crippen molar-refractivity contribution in [2.45, 2.75) is 33.1 Å². The quantitative estimate of drug-likeness (QED) is 0.279. The highest BCUT2D eigenvalue weighted by atomic mass is 32.1. The molecule has 5 aromatic rings. The van der Waals surface area contributed by atoms with Crippen molar-refractivity contribution in [3.8, 4) is 28.3 Å². The van der Waals surface area contributed by atoms with E-state index in [0.717, 1.165) is 10.4 Å². The van der Waals surface area contributed by atoms with Crippen molar-refractivity contribution in [1.82, 2.24) is 34.9 Å². The molecule has 0 aliphatic carbocycles. The van der Waals surface area contributed by atoms with E-state index in [0.29, 0.717) is 28.2 Å². The first-order chi connectivity index (χ1) is 18.7. The van der Waals surface area contributed by atoms with Gasteiger partial charge in [-0.3, -0.25) is 20.1 Å². The van der Waals surface area contributed by atoms with E-state index in [9.17, 15) is 13.6 Å². The Bertz CT molecular complexity index is 1680. The number of aromatic nitrogens is 7. The molecule has 0 atom stereocenters. The number of carbonyl (C=O) groups excluding carboxylic acids is 1. The third kappa shape index (κ3) is 4.92. The van der Waals surface area contributed by atoms with Gasteiger partial charge in [-0.15, -0.1) is 5.10 Å². The lowest BCUT2D eigenvalue weighted by Crippen LogP contribution is -2.18. The largest absolute Gasteiger partial charge is 0.494 e. The summed E-state index contributed by atoms with van der Waals surface area (Å²) < 4.78 is 36.9. The number of rotatable bonds is 7. The number of alkyl halides is 2. The molecule has 5 heterocycles. The molecule has 0 aliphatic heterocycles. The van der Waals surface area contributed by atoms with E-state index in [2.05, 4.69) is 35.6 Å². The SMILES string of the molecule is COc1cnccc1-c1cc(-c2c(C)nnn2C)nc(C(F)F)c1C(=O)Nc1nc2cnc(C(C)C)cc2s1. The molecule has 5 rings (SSSR count). The second kappa shape index (κ2) is 10.4. The highest BCUT2D eigenvalue weighted by Crippen LogP contribution is 2.39. The Kier molecular flexibility index (Phi) is 7.00. The van der Waals surface area contributed by atoms with E-state index < -0.39 is 18.0 Å². The molecule has 0 saturated heterocycles. The fourth-order valence-corrected chi connectivity index (χ4v) is 5.13. The molecule has 0 bridgehead atoms. The molecule has 0 fully saturated rings. The van der Waals surface area contributed by atoms with Crippen LogP contribution in [-0.4, -0.2) is 47.9 Å². The van der Waals surface area contributed by atoms with Crippen LogP contribution in [0.5, 0.6) is 5.75 Å². The molecule has 0 aromatic carbocycles. The van der Waals surface area contributed by atoms with Crippen molar-refractivity contribution in [1.29, 1.82) is 0 Å². The molecule has 200 valence electrons. The number of thiazole rings is 1.